The van der Waals surface area contributed by atoms with Crippen molar-refractivity contribution in [3.63, 3.8) is 0 Å². The average molecular weight is 280 g/mol. The van der Waals surface area contributed by atoms with E-state index in [1.807, 2.05) is 6.92 Å². The number of benzene rings is 1. The van der Waals surface area contributed by atoms with Crippen molar-refractivity contribution in [3.8, 4) is 0 Å². The summed E-state index contributed by atoms with van der Waals surface area (Å²) in [6.45, 7) is 3.28. The lowest BCUT2D eigenvalue weighted by atomic mass is 10.1. The molecule has 0 aliphatic heterocycles. The zero-order chi connectivity index (χ0) is 15.0. The van der Waals surface area contributed by atoms with Crippen LogP contribution in [0.5, 0.6) is 0 Å². The lowest BCUT2D eigenvalue weighted by Crippen LogP contribution is -2.43. The van der Waals surface area contributed by atoms with Crippen LogP contribution in [0.3, 0.4) is 0 Å². The molecule has 1 rings (SSSR count). The third kappa shape index (κ3) is 4.89. The van der Waals surface area contributed by atoms with Gasteiger partial charge in [-0.3, -0.25) is 0 Å². The Morgan fingerprint density at radius 2 is 2.00 bits per heavy atom. The van der Waals surface area contributed by atoms with Gasteiger partial charge in [-0.2, -0.15) is 0 Å². The van der Waals surface area contributed by atoms with E-state index in [-0.39, 0.29) is 0 Å². The number of carbonyl (C=O) groups excluding carboxylic acids is 1. The Morgan fingerprint density at radius 3 is 2.55 bits per heavy atom. The number of hydrogen-bond donors (Lipinski definition) is 2. The van der Waals surface area contributed by atoms with Crippen LogP contribution in [0.1, 0.15) is 18.5 Å². The highest BCUT2D eigenvalue weighted by atomic mass is 16.5. The third-order valence-corrected chi connectivity index (χ3v) is 2.77. The first kappa shape index (κ1) is 16.0. The minimum atomic E-state index is -1.09. The average Bonchev–Trinajstić information content (AvgIpc) is 2.45. The predicted molar refractivity (Wildman–Crippen MR) is 74.5 cm³/mol. The highest BCUT2D eigenvalue weighted by Crippen LogP contribution is 2.12. The summed E-state index contributed by atoms with van der Waals surface area (Å²) < 4.78 is 5.15. The summed E-state index contributed by atoms with van der Waals surface area (Å²) in [5.41, 5.74) is 0.534. The molecule has 0 aromatic heterocycles. The molecule has 0 aliphatic rings. The second-order valence-electron chi connectivity index (χ2n) is 4.25. The minimum absolute atomic E-state index is 0.404. The SMILES string of the molecule is CCOCCN(C)C(=O)N[C@H](C(=O)O)c1ccccc1. The van der Waals surface area contributed by atoms with Gasteiger partial charge in [0.2, 0.25) is 0 Å². The maximum atomic E-state index is 11.9. The fourth-order valence-electron chi connectivity index (χ4n) is 1.61. The van der Waals surface area contributed by atoms with Crippen molar-refractivity contribution in [1.82, 2.24) is 10.2 Å². The number of nitrogens with zero attached hydrogens (tertiary/aromatic N) is 1. The highest BCUT2D eigenvalue weighted by Gasteiger charge is 2.23. The van der Waals surface area contributed by atoms with Gasteiger partial charge >= 0.3 is 12.0 Å². The van der Waals surface area contributed by atoms with E-state index in [1.165, 1.54) is 4.90 Å². The van der Waals surface area contributed by atoms with E-state index in [0.29, 0.717) is 25.3 Å². The first-order chi connectivity index (χ1) is 9.56. The van der Waals surface area contributed by atoms with Crippen LogP contribution in [0.15, 0.2) is 30.3 Å². The van der Waals surface area contributed by atoms with E-state index in [1.54, 1.807) is 37.4 Å². The van der Waals surface area contributed by atoms with Crippen LogP contribution >= 0.6 is 0 Å². The molecule has 6 nitrogen and oxygen atoms in total. The third-order valence-electron chi connectivity index (χ3n) is 2.77. The van der Waals surface area contributed by atoms with Gasteiger partial charge in [0, 0.05) is 20.2 Å². The van der Waals surface area contributed by atoms with Crippen molar-refractivity contribution >= 4 is 12.0 Å². The molecule has 0 spiro atoms. The Morgan fingerprint density at radius 1 is 1.35 bits per heavy atom. The smallest absolute Gasteiger partial charge is 0.330 e. The second-order valence-corrected chi connectivity index (χ2v) is 4.25. The molecule has 20 heavy (non-hydrogen) atoms. The van der Waals surface area contributed by atoms with E-state index < -0.39 is 18.0 Å². The maximum Gasteiger partial charge on any atom is 0.330 e. The molecular formula is C14H20N2O4. The van der Waals surface area contributed by atoms with Gasteiger partial charge in [0.05, 0.1) is 6.61 Å². The van der Waals surface area contributed by atoms with Gasteiger partial charge in [-0.05, 0) is 12.5 Å². The highest BCUT2D eigenvalue weighted by molar-refractivity contribution is 5.83. The van der Waals surface area contributed by atoms with Gasteiger partial charge in [0.1, 0.15) is 0 Å². The first-order valence-electron chi connectivity index (χ1n) is 6.43. The van der Waals surface area contributed by atoms with Gasteiger partial charge in [0.25, 0.3) is 0 Å². The van der Waals surface area contributed by atoms with Crippen molar-refractivity contribution in [2.45, 2.75) is 13.0 Å². The van der Waals surface area contributed by atoms with E-state index in [9.17, 15) is 14.7 Å². The molecule has 0 heterocycles. The van der Waals surface area contributed by atoms with E-state index in [4.69, 9.17) is 4.74 Å². The topological polar surface area (TPSA) is 78.9 Å². The number of carboxylic acid groups (broad SMARTS) is 1. The number of amides is 2. The number of hydrogen-bond acceptors (Lipinski definition) is 3. The number of aliphatic carboxylic acids is 1. The normalized spacial score (nSPS) is 11.7. The van der Waals surface area contributed by atoms with Crippen LogP contribution in [-0.2, 0) is 9.53 Å². The molecule has 1 atom stereocenters. The molecular weight excluding hydrogens is 260 g/mol. The minimum Gasteiger partial charge on any atom is -0.479 e. The summed E-state index contributed by atoms with van der Waals surface area (Å²) in [5.74, 6) is -1.09. The van der Waals surface area contributed by atoms with Crippen molar-refractivity contribution in [2.24, 2.45) is 0 Å². The molecule has 1 aromatic carbocycles. The largest absolute Gasteiger partial charge is 0.479 e. The Bertz CT molecular complexity index is 436. The van der Waals surface area contributed by atoms with Gasteiger partial charge in [-0.1, -0.05) is 30.3 Å². The van der Waals surface area contributed by atoms with Crippen molar-refractivity contribution in [3.05, 3.63) is 35.9 Å². The number of rotatable bonds is 7. The molecule has 0 radical (unpaired) electrons. The molecule has 0 aliphatic carbocycles. The molecule has 110 valence electrons. The van der Waals surface area contributed by atoms with Gasteiger partial charge < -0.3 is 20.1 Å². The number of carboxylic acids is 1. The number of carbonyl (C=O) groups is 2. The first-order valence-corrected chi connectivity index (χ1v) is 6.43. The summed E-state index contributed by atoms with van der Waals surface area (Å²) in [6, 6.07) is 7.09. The summed E-state index contributed by atoms with van der Waals surface area (Å²) >= 11 is 0. The van der Waals surface area contributed by atoms with Gasteiger partial charge in [-0.15, -0.1) is 0 Å². The molecule has 6 heteroatoms. The standard InChI is InChI=1S/C14H20N2O4/c1-3-20-10-9-16(2)14(19)15-12(13(17)18)11-7-5-4-6-8-11/h4-8,12H,3,9-10H2,1-2H3,(H,15,19)(H,17,18)/t12-/m0/s1. The fraction of sp³-hybridized carbons (Fsp3) is 0.429. The fourth-order valence-corrected chi connectivity index (χ4v) is 1.61. The van der Waals surface area contributed by atoms with E-state index in [2.05, 4.69) is 5.32 Å². The molecule has 0 bridgehead atoms. The van der Waals surface area contributed by atoms with Crippen LogP contribution in [-0.4, -0.2) is 48.8 Å². The molecule has 0 saturated carbocycles. The van der Waals surface area contributed by atoms with Crippen LogP contribution in [0.2, 0.25) is 0 Å². The van der Waals surface area contributed by atoms with Crippen molar-refractivity contribution in [2.75, 3.05) is 26.8 Å². The second kappa shape index (κ2) is 8.16. The Hall–Kier alpha value is -2.08. The monoisotopic (exact) mass is 280 g/mol. The number of ether oxygens (including phenoxy) is 1. The van der Waals surface area contributed by atoms with Crippen LogP contribution in [0.4, 0.5) is 4.79 Å². The van der Waals surface area contributed by atoms with Crippen molar-refractivity contribution < 1.29 is 19.4 Å². The molecule has 2 amide bonds. The zero-order valence-corrected chi connectivity index (χ0v) is 11.7. The Kier molecular flexibility index (Phi) is 6.52. The maximum absolute atomic E-state index is 11.9. The molecule has 0 fully saturated rings. The summed E-state index contributed by atoms with van der Waals surface area (Å²) in [4.78, 5) is 24.6. The van der Waals surface area contributed by atoms with Crippen LogP contribution < -0.4 is 5.32 Å². The molecule has 2 N–H and O–H groups in total. The Labute approximate surface area is 118 Å². The Balaban J connectivity index is 2.62. The number of nitrogens with one attached hydrogen (secondary N) is 1. The summed E-state index contributed by atoms with van der Waals surface area (Å²) in [6.07, 6.45) is 0. The van der Waals surface area contributed by atoms with Crippen LogP contribution in [0, 0.1) is 0 Å². The number of likely N-dealkylation sites (N-methyl/N-ethyl adjacent to an activating group) is 1. The molecule has 0 unspecified atom stereocenters. The van der Waals surface area contributed by atoms with E-state index in [0.717, 1.165) is 0 Å². The van der Waals surface area contributed by atoms with Crippen molar-refractivity contribution in [1.29, 1.82) is 0 Å². The zero-order valence-electron chi connectivity index (χ0n) is 11.7. The van der Waals surface area contributed by atoms with E-state index >= 15 is 0 Å². The summed E-state index contributed by atoms with van der Waals surface area (Å²) in [7, 11) is 1.60. The molecule has 0 saturated heterocycles. The van der Waals surface area contributed by atoms with Crippen LogP contribution in [0.25, 0.3) is 0 Å². The van der Waals surface area contributed by atoms with Gasteiger partial charge in [0.15, 0.2) is 6.04 Å². The number of urea groups is 1. The lowest BCUT2D eigenvalue weighted by molar-refractivity contribution is -0.139. The quantitative estimate of drug-likeness (QED) is 0.742. The molecule has 1 aromatic rings. The van der Waals surface area contributed by atoms with Gasteiger partial charge in [-0.25, -0.2) is 9.59 Å². The summed E-state index contributed by atoms with van der Waals surface area (Å²) in [5, 5.41) is 11.7. The lowest BCUT2D eigenvalue weighted by Gasteiger charge is -2.21. The predicted octanol–water partition coefficient (Wildman–Crippen LogP) is 1.49.